The molecule has 20 heavy (non-hydrogen) atoms. The molecule has 2 unspecified atom stereocenters. The van der Waals surface area contributed by atoms with E-state index >= 15 is 0 Å². The average molecular weight is 305 g/mol. The van der Waals surface area contributed by atoms with E-state index in [2.05, 4.69) is 5.32 Å². The summed E-state index contributed by atoms with van der Waals surface area (Å²) in [6, 6.07) is 0.280. The van der Waals surface area contributed by atoms with Crippen LogP contribution in [0.25, 0.3) is 0 Å². The maximum Gasteiger partial charge on any atom is 0.282 e. The van der Waals surface area contributed by atoms with Gasteiger partial charge in [-0.3, -0.25) is 0 Å². The van der Waals surface area contributed by atoms with E-state index in [0.29, 0.717) is 13.1 Å². The molecule has 2 saturated heterocycles. The highest BCUT2D eigenvalue weighted by Crippen LogP contribution is 2.23. The molecule has 0 aromatic heterocycles. The number of nitrogens with one attached hydrogen (secondary N) is 1. The van der Waals surface area contributed by atoms with Gasteiger partial charge in [0.15, 0.2) is 0 Å². The summed E-state index contributed by atoms with van der Waals surface area (Å²) in [5, 5.41) is 12.5. The van der Waals surface area contributed by atoms with Crippen LogP contribution >= 0.6 is 0 Å². The number of aliphatic hydroxyl groups excluding tert-OH is 1. The Morgan fingerprint density at radius 1 is 1.30 bits per heavy atom. The summed E-state index contributed by atoms with van der Waals surface area (Å²) in [6.45, 7) is 4.05. The number of hydrogen-bond donors (Lipinski definition) is 2. The zero-order chi connectivity index (χ0) is 14.6. The minimum atomic E-state index is -3.46. The first-order chi connectivity index (χ1) is 9.55. The van der Waals surface area contributed by atoms with Crippen LogP contribution < -0.4 is 5.32 Å². The lowest BCUT2D eigenvalue weighted by Gasteiger charge is -2.37. The van der Waals surface area contributed by atoms with E-state index < -0.39 is 10.2 Å². The van der Waals surface area contributed by atoms with Crippen LogP contribution in [0.4, 0.5) is 0 Å². The van der Waals surface area contributed by atoms with Crippen molar-refractivity contribution in [3.8, 4) is 0 Å². The Labute approximate surface area is 122 Å². The molecule has 2 aliphatic rings. The molecule has 2 atom stereocenters. The second kappa shape index (κ2) is 7.17. The van der Waals surface area contributed by atoms with Gasteiger partial charge in [0.05, 0.1) is 6.61 Å². The van der Waals surface area contributed by atoms with Gasteiger partial charge in [-0.1, -0.05) is 6.42 Å². The Morgan fingerprint density at radius 3 is 2.70 bits per heavy atom. The van der Waals surface area contributed by atoms with Crippen LogP contribution in [0.1, 0.15) is 39.0 Å². The summed E-state index contributed by atoms with van der Waals surface area (Å²) in [6.07, 6.45) is 5.05. The zero-order valence-corrected chi connectivity index (χ0v) is 13.1. The third kappa shape index (κ3) is 3.71. The van der Waals surface area contributed by atoms with Gasteiger partial charge in [0.2, 0.25) is 0 Å². The Morgan fingerprint density at radius 2 is 2.10 bits per heavy atom. The third-order valence-electron chi connectivity index (χ3n) is 4.30. The quantitative estimate of drug-likeness (QED) is 0.733. The maximum atomic E-state index is 12.8. The van der Waals surface area contributed by atoms with Crippen LogP contribution in [0.5, 0.6) is 0 Å². The zero-order valence-electron chi connectivity index (χ0n) is 12.3. The predicted octanol–water partition coefficient (Wildman–Crippen LogP) is 0.152. The first-order valence-electron chi connectivity index (χ1n) is 7.67. The molecule has 118 valence electrons. The van der Waals surface area contributed by atoms with Crippen molar-refractivity contribution in [2.45, 2.75) is 51.1 Å². The molecule has 0 amide bonds. The molecule has 0 saturated carbocycles. The van der Waals surface area contributed by atoms with Crippen molar-refractivity contribution in [1.82, 2.24) is 13.9 Å². The highest BCUT2D eigenvalue weighted by Gasteiger charge is 2.35. The monoisotopic (exact) mass is 305 g/mol. The van der Waals surface area contributed by atoms with E-state index in [4.69, 9.17) is 0 Å². The fourth-order valence-electron chi connectivity index (χ4n) is 3.13. The summed E-state index contributed by atoms with van der Waals surface area (Å²) >= 11 is 0. The standard InChI is InChI=1S/C13H27N3O3S/c1-12-5-2-3-8-16(12)20(18,19)15(9-10-17)11-13-6-4-7-14-13/h12-14,17H,2-11H2,1H3. The van der Waals surface area contributed by atoms with Gasteiger partial charge in [-0.2, -0.15) is 17.0 Å². The SMILES string of the molecule is CC1CCCCN1S(=O)(=O)N(CCO)CC1CCCN1. The Hall–Kier alpha value is -0.210. The second-order valence-corrected chi connectivity index (χ2v) is 7.72. The highest BCUT2D eigenvalue weighted by molar-refractivity contribution is 7.86. The molecule has 2 aliphatic heterocycles. The molecular formula is C13H27N3O3S. The van der Waals surface area contributed by atoms with Gasteiger partial charge >= 0.3 is 0 Å². The minimum absolute atomic E-state index is 0.0616. The van der Waals surface area contributed by atoms with Crippen molar-refractivity contribution in [1.29, 1.82) is 0 Å². The second-order valence-electron chi connectivity index (χ2n) is 5.84. The molecule has 6 nitrogen and oxygen atoms in total. The van der Waals surface area contributed by atoms with Crippen molar-refractivity contribution in [2.24, 2.45) is 0 Å². The molecule has 2 N–H and O–H groups in total. The predicted molar refractivity (Wildman–Crippen MR) is 78.6 cm³/mol. The lowest BCUT2D eigenvalue weighted by atomic mass is 10.1. The fraction of sp³-hybridized carbons (Fsp3) is 1.00. The molecule has 2 rings (SSSR count). The number of aliphatic hydroxyl groups is 1. The van der Waals surface area contributed by atoms with Crippen LogP contribution in [0.2, 0.25) is 0 Å². The molecular weight excluding hydrogens is 278 g/mol. The number of nitrogens with zero attached hydrogens (tertiary/aromatic N) is 2. The summed E-state index contributed by atoms with van der Waals surface area (Å²) in [5.41, 5.74) is 0. The molecule has 0 spiro atoms. The van der Waals surface area contributed by atoms with Crippen molar-refractivity contribution in [2.75, 3.05) is 32.8 Å². The molecule has 0 radical (unpaired) electrons. The summed E-state index contributed by atoms with van der Waals surface area (Å²) in [5.74, 6) is 0. The van der Waals surface area contributed by atoms with Crippen LogP contribution in [0.15, 0.2) is 0 Å². The van der Waals surface area contributed by atoms with Crippen molar-refractivity contribution in [3.63, 3.8) is 0 Å². The Balaban J connectivity index is 2.08. The smallest absolute Gasteiger partial charge is 0.282 e. The maximum absolute atomic E-state index is 12.8. The molecule has 7 heteroatoms. The van der Waals surface area contributed by atoms with Gasteiger partial charge in [0.25, 0.3) is 10.2 Å². The van der Waals surface area contributed by atoms with Gasteiger partial charge in [-0.05, 0) is 39.2 Å². The minimum Gasteiger partial charge on any atom is -0.395 e. The van der Waals surface area contributed by atoms with Crippen molar-refractivity contribution in [3.05, 3.63) is 0 Å². The van der Waals surface area contributed by atoms with E-state index in [9.17, 15) is 13.5 Å². The highest BCUT2D eigenvalue weighted by atomic mass is 32.2. The van der Waals surface area contributed by atoms with E-state index in [1.165, 1.54) is 4.31 Å². The topological polar surface area (TPSA) is 72.9 Å². The molecule has 0 bridgehead atoms. The van der Waals surface area contributed by atoms with Crippen LogP contribution in [-0.4, -0.2) is 67.0 Å². The Kier molecular flexibility index (Phi) is 5.80. The van der Waals surface area contributed by atoms with Gasteiger partial charge in [-0.15, -0.1) is 0 Å². The Bertz CT molecular complexity index is 396. The number of rotatable bonds is 6. The molecule has 0 aromatic carbocycles. The van der Waals surface area contributed by atoms with Crippen molar-refractivity contribution >= 4 is 10.2 Å². The lowest BCUT2D eigenvalue weighted by molar-refractivity contribution is 0.213. The van der Waals surface area contributed by atoms with Crippen LogP contribution in [0.3, 0.4) is 0 Å². The van der Waals surface area contributed by atoms with E-state index in [-0.39, 0.29) is 25.2 Å². The van der Waals surface area contributed by atoms with Gasteiger partial charge in [-0.25, -0.2) is 0 Å². The first kappa shape index (κ1) is 16.2. The molecule has 2 fully saturated rings. The van der Waals surface area contributed by atoms with Gasteiger partial charge in [0, 0.05) is 31.7 Å². The molecule has 2 heterocycles. The fourth-order valence-corrected chi connectivity index (χ4v) is 5.03. The van der Waals surface area contributed by atoms with Gasteiger partial charge < -0.3 is 10.4 Å². The summed E-state index contributed by atoms with van der Waals surface area (Å²) < 4.78 is 28.6. The van der Waals surface area contributed by atoms with Crippen molar-refractivity contribution < 1.29 is 13.5 Å². The average Bonchev–Trinajstić information content (AvgIpc) is 2.91. The van der Waals surface area contributed by atoms with Crippen LogP contribution in [-0.2, 0) is 10.2 Å². The number of hydrogen-bond acceptors (Lipinski definition) is 4. The third-order valence-corrected chi connectivity index (χ3v) is 6.42. The first-order valence-corrected chi connectivity index (χ1v) is 9.06. The van der Waals surface area contributed by atoms with Gasteiger partial charge in [0.1, 0.15) is 0 Å². The van der Waals surface area contributed by atoms with E-state index in [0.717, 1.165) is 38.6 Å². The van der Waals surface area contributed by atoms with E-state index in [1.807, 2.05) is 6.92 Å². The molecule has 0 aromatic rings. The van der Waals surface area contributed by atoms with Crippen LogP contribution in [0, 0.1) is 0 Å². The van der Waals surface area contributed by atoms with E-state index in [1.54, 1.807) is 4.31 Å². The largest absolute Gasteiger partial charge is 0.395 e. The summed E-state index contributed by atoms with van der Waals surface area (Å²) in [7, 11) is -3.46. The normalized spacial score (nSPS) is 29.1. The number of piperidine rings is 1. The lowest BCUT2D eigenvalue weighted by Crippen LogP contribution is -2.52. The molecule has 0 aliphatic carbocycles. The summed E-state index contributed by atoms with van der Waals surface area (Å²) in [4.78, 5) is 0.